The normalized spacial score (nSPS) is 18.4. The van der Waals surface area contributed by atoms with E-state index < -0.39 is 28.9 Å². The Labute approximate surface area is 197 Å². The second-order valence-corrected chi connectivity index (χ2v) is 9.76. The first-order chi connectivity index (χ1) is 16.1. The Bertz CT molecular complexity index is 1220. The van der Waals surface area contributed by atoms with Gasteiger partial charge in [-0.25, -0.2) is 19.0 Å². The van der Waals surface area contributed by atoms with E-state index in [1.807, 2.05) is 0 Å². The fraction of sp³-hybridized carbons (Fsp3) is 0.520. The molecular weight excluding hydrogens is 441 g/mol. The molecule has 2 aromatic rings. The molecule has 2 aliphatic carbocycles. The molecule has 0 bridgehead atoms. The van der Waals surface area contributed by atoms with Crippen molar-refractivity contribution in [3.8, 4) is 0 Å². The number of nitrogens with zero attached hydrogens (tertiary/aromatic N) is 2. The minimum absolute atomic E-state index is 0.0542. The molecule has 2 heterocycles. The molecule has 8 nitrogen and oxygen atoms in total. The van der Waals surface area contributed by atoms with Crippen LogP contribution >= 0.6 is 0 Å². The van der Waals surface area contributed by atoms with Crippen molar-refractivity contribution in [3.63, 3.8) is 0 Å². The van der Waals surface area contributed by atoms with Crippen molar-refractivity contribution in [1.82, 2.24) is 14.9 Å². The van der Waals surface area contributed by atoms with Gasteiger partial charge < -0.3 is 19.4 Å². The number of rotatable bonds is 5. The predicted octanol–water partition coefficient (Wildman–Crippen LogP) is 4.51. The van der Waals surface area contributed by atoms with E-state index in [1.54, 1.807) is 38.3 Å². The maximum atomic E-state index is 15.2. The third kappa shape index (κ3) is 5.13. The van der Waals surface area contributed by atoms with E-state index in [4.69, 9.17) is 9.47 Å². The number of carbonyl (C=O) groups excluding carboxylic acids is 2. The minimum atomic E-state index is -0.723. The average molecular weight is 472 g/mol. The van der Waals surface area contributed by atoms with Gasteiger partial charge in [0.25, 0.3) is 0 Å². The van der Waals surface area contributed by atoms with Gasteiger partial charge in [0, 0.05) is 12.2 Å². The number of halogens is 1. The van der Waals surface area contributed by atoms with E-state index in [1.165, 1.54) is 6.20 Å². The Morgan fingerprint density at radius 2 is 2.00 bits per heavy atom. The molecule has 0 saturated heterocycles. The molecule has 2 aliphatic rings. The number of fused-ring (bicyclic) bond motifs is 1. The second kappa shape index (κ2) is 9.19. The summed E-state index contributed by atoms with van der Waals surface area (Å²) < 4.78 is 27.4. The van der Waals surface area contributed by atoms with Gasteiger partial charge in [0.2, 0.25) is 5.43 Å². The molecule has 2 aromatic heterocycles. The van der Waals surface area contributed by atoms with Crippen LogP contribution < -0.4 is 10.7 Å². The van der Waals surface area contributed by atoms with Crippen LogP contribution in [0.1, 0.15) is 81.9 Å². The smallest absolute Gasteiger partial charge is 0.408 e. The van der Waals surface area contributed by atoms with E-state index in [-0.39, 0.29) is 35.3 Å². The highest BCUT2D eigenvalue weighted by Crippen LogP contribution is 2.37. The molecule has 1 fully saturated rings. The lowest BCUT2D eigenvalue weighted by Crippen LogP contribution is -2.39. The van der Waals surface area contributed by atoms with Crippen LogP contribution in [0.25, 0.3) is 16.6 Å². The van der Waals surface area contributed by atoms with Crippen LogP contribution in [-0.2, 0) is 9.47 Å². The van der Waals surface area contributed by atoms with Crippen molar-refractivity contribution in [2.75, 3.05) is 6.61 Å². The first-order valence-corrected chi connectivity index (χ1v) is 11.7. The van der Waals surface area contributed by atoms with E-state index in [2.05, 4.69) is 10.3 Å². The van der Waals surface area contributed by atoms with E-state index in [9.17, 15) is 14.4 Å². The molecule has 0 radical (unpaired) electrons. The topological polar surface area (TPSA) is 99.5 Å². The number of hydrogen-bond acceptors (Lipinski definition) is 6. The summed E-state index contributed by atoms with van der Waals surface area (Å²) in [6.45, 7) is 7.16. The number of esters is 1. The SMILES string of the molecule is CCOC(=O)c1cn(C2CC2)c2nc(C3=CC(NC(=O)OC(C)(C)C)CCC3)c(F)cc2c1=O. The molecule has 1 atom stereocenters. The quantitative estimate of drug-likeness (QED) is 0.645. The van der Waals surface area contributed by atoms with E-state index >= 15 is 4.39 Å². The van der Waals surface area contributed by atoms with Gasteiger partial charge in [0.05, 0.1) is 18.0 Å². The third-order valence-corrected chi connectivity index (χ3v) is 5.76. The van der Waals surface area contributed by atoms with Crippen LogP contribution in [0.2, 0.25) is 0 Å². The van der Waals surface area contributed by atoms with Crippen LogP contribution in [0.3, 0.4) is 0 Å². The Balaban J connectivity index is 1.73. The van der Waals surface area contributed by atoms with Crippen LogP contribution in [0.5, 0.6) is 0 Å². The van der Waals surface area contributed by atoms with E-state index in [0.29, 0.717) is 24.1 Å². The fourth-order valence-electron chi connectivity index (χ4n) is 4.15. The van der Waals surface area contributed by atoms with Crippen LogP contribution in [0.15, 0.2) is 23.1 Å². The number of carbonyl (C=O) groups is 2. The summed E-state index contributed by atoms with van der Waals surface area (Å²) in [4.78, 5) is 42.0. The van der Waals surface area contributed by atoms with Crippen LogP contribution in [0.4, 0.5) is 9.18 Å². The summed E-state index contributed by atoms with van der Waals surface area (Å²) in [7, 11) is 0. The molecule has 1 unspecified atom stereocenters. The molecule has 0 aromatic carbocycles. The summed E-state index contributed by atoms with van der Waals surface area (Å²) in [5, 5.41) is 2.87. The maximum Gasteiger partial charge on any atom is 0.408 e. The number of hydrogen-bond donors (Lipinski definition) is 1. The predicted molar refractivity (Wildman–Crippen MR) is 125 cm³/mol. The monoisotopic (exact) mass is 471 g/mol. The molecule has 182 valence electrons. The number of pyridine rings is 2. The summed E-state index contributed by atoms with van der Waals surface area (Å²) in [6.07, 6.45) is 6.57. The van der Waals surface area contributed by atoms with E-state index in [0.717, 1.165) is 25.3 Å². The molecule has 9 heteroatoms. The van der Waals surface area contributed by atoms with Crippen LogP contribution in [-0.4, -0.2) is 39.9 Å². The van der Waals surface area contributed by atoms with Gasteiger partial charge in [-0.05, 0) is 71.4 Å². The summed E-state index contributed by atoms with van der Waals surface area (Å²) >= 11 is 0. The van der Waals surface area contributed by atoms with Crippen molar-refractivity contribution in [2.24, 2.45) is 0 Å². The van der Waals surface area contributed by atoms with Gasteiger partial charge >= 0.3 is 12.1 Å². The van der Waals surface area contributed by atoms with Gasteiger partial charge in [-0.15, -0.1) is 0 Å². The largest absolute Gasteiger partial charge is 0.462 e. The molecule has 0 aliphatic heterocycles. The van der Waals surface area contributed by atoms with Crippen LogP contribution in [0, 0.1) is 5.82 Å². The summed E-state index contributed by atoms with van der Waals surface area (Å²) in [6, 6.07) is 0.948. The molecule has 1 saturated carbocycles. The number of alkyl carbamates (subject to hydrolysis) is 1. The van der Waals surface area contributed by atoms with Gasteiger partial charge in [0.15, 0.2) is 0 Å². The summed E-state index contributed by atoms with van der Waals surface area (Å²) in [5.41, 5.74) is -0.164. The molecule has 1 amide bonds. The first kappa shape index (κ1) is 23.9. The minimum Gasteiger partial charge on any atom is -0.462 e. The number of nitrogens with one attached hydrogen (secondary N) is 1. The summed E-state index contributed by atoms with van der Waals surface area (Å²) in [5.74, 6) is -1.36. The Morgan fingerprint density at radius 3 is 2.65 bits per heavy atom. The molecule has 0 spiro atoms. The first-order valence-electron chi connectivity index (χ1n) is 11.7. The zero-order valence-electron chi connectivity index (χ0n) is 19.9. The number of amides is 1. The molecule has 4 rings (SSSR count). The Morgan fingerprint density at radius 1 is 1.26 bits per heavy atom. The highest BCUT2D eigenvalue weighted by Gasteiger charge is 2.29. The second-order valence-electron chi connectivity index (χ2n) is 9.76. The lowest BCUT2D eigenvalue weighted by atomic mass is 9.93. The van der Waals surface area contributed by atoms with Crippen molar-refractivity contribution >= 4 is 28.7 Å². The van der Waals surface area contributed by atoms with Gasteiger partial charge in [-0.3, -0.25) is 4.79 Å². The fourth-order valence-corrected chi connectivity index (χ4v) is 4.15. The Hall–Kier alpha value is -3.23. The highest BCUT2D eigenvalue weighted by molar-refractivity contribution is 5.93. The number of allylic oxidation sites excluding steroid dienone is 1. The lowest BCUT2D eigenvalue weighted by Gasteiger charge is -2.25. The zero-order valence-corrected chi connectivity index (χ0v) is 19.9. The van der Waals surface area contributed by atoms with Crippen molar-refractivity contribution in [3.05, 3.63) is 45.6 Å². The molecule has 34 heavy (non-hydrogen) atoms. The number of ether oxygens (including phenoxy) is 2. The van der Waals surface area contributed by atoms with Gasteiger partial charge in [0.1, 0.15) is 28.3 Å². The molecule has 1 N–H and O–H groups in total. The maximum absolute atomic E-state index is 15.2. The third-order valence-electron chi connectivity index (χ3n) is 5.76. The van der Waals surface area contributed by atoms with Gasteiger partial charge in [-0.2, -0.15) is 0 Å². The Kier molecular flexibility index (Phi) is 6.47. The molecular formula is C25H30FN3O5. The van der Waals surface area contributed by atoms with Crippen molar-refractivity contribution in [1.29, 1.82) is 0 Å². The van der Waals surface area contributed by atoms with Crippen molar-refractivity contribution < 1.29 is 23.5 Å². The lowest BCUT2D eigenvalue weighted by molar-refractivity contribution is 0.0505. The van der Waals surface area contributed by atoms with Crippen molar-refractivity contribution in [2.45, 2.75) is 77.5 Å². The standard InChI is InChI=1S/C25H30FN3O5/c1-5-33-23(31)18-13-29(16-9-10-16)22-17(21(18)30)12-19(26)20(28-22)14-7-6-8-15(11-14)27-24(32)34-25(2,3)4/h11-13,15-16H,5-10H2,1-4H3,(H,27,32). The van der Waals surface area contributed by atoms with Gasteiger partial charge in [-0.1, -0.05) is 6.08 Å². The highest BCUT2D eigenvalue weighted by atomic mass is 19.1. The average Bonchev–Trinajstić information content (AvgIpc) is 3.58. The zero-order chi connectivity index (χ0) is 24.6. The number of aromatic nitrogens is 2.